The Balaban J connectivity index is 1.79. The third kappa shape index (κ3) is 3.50. The summed E-state index contributed by atoms with van der Waals surface area (Å²) in [5.41, 5.74) is 2.63. The third-order valence-corrected chi connectivity index (χ3v) is 4.56. The number of ether oxygens (including phenoxy) is 1. The summed E-state index contributed by atoms with van der Waals surface area (Å²) >= 11 is 0. The minimum atomic E-state index is -0.470. The van der Waals surface area contributed by atoms with E-state index in [2.05, 4.69) is 0 Å². The summed E-state index contributed by atoms with van der Waals surface area (Å²) in [6.45, 7) is 3.83. The van der Waals surface area contributed by atoms with E-state index in [1.807, 2.05) is 19.9 Å². The van der Waals surface area contributed by atoms with Gasteiger partial charge in [0.25, 0.3) is 5.69 Å². The van der Waals surface area contributed by atoms with Gasteiger partial charge >= 0.3 is 0 Å². The number of fused-ring (bicyclic) bond motifs is 1. The monoisotopic (exact) mass is 391 g/mol. The first-order valence-electron chi connectivity index (χ1n) is 8.92. The summed E-state index contributed by atoms with van der Waals surface area (Å²) in [4.78, 5) is 23.5. The maximum absolute atomic E-state index is 13.2. The van der Waals surface area contributed by atoms with Crippen LogP contribution < -0.4 is 10.2 Å². The predicted octanol–water partition coefficient (Wildman–Crippen LogP) is 5.16. The van der Waals surface area contributed by atoms with Gasteiger partial charge in [-0.05, 0) is 60.9 Å². The molecule has 0 saturated carbocycles. The average molecular weight is 391 g/mol. The maximum Gasteiger partial charge on any atom is 0.269 e. The third-order valence-electron chi connectivity index (χ3n) is 4.56. The molecule has 0 aliphatic rings. The number of rotatable bonds is 5. The van der Waals surface area contributed by atoms with Gasteiger partial charge in [-0.1, -0.05) is 6.07 Å². The summed E-state index contributed by atoms with van der Waals surface area (Å²) in [6, 6.07) is 13.0. The predicted molar refractivity (Wildman–Crippen MR) is 107 cm³/mol. The van der Waals surface area contributed by atoms with Crippen molar-refractivity contribution in [1.82, 2.24) is 0 Å². The summed E-state index contributed by atoms with van der Waals surface area (Å²) in [5.74, 6) is 0.625. The quantitative estimate of drug-likeness (QED) is 0.344. The Morgan fingerprint density at radius 2 is 1.86 bits per heavy atom. The van der Waals surface area contributed by atoms with Crippen molar-refractivity contribution in [3.63, 3.8) is 0 Å². The second-order valence-corrected chi connectivity index (χ2v) is 6.74. The minimum Gasteiger partial charge on any atom is -0.481 e. The topological polar surface area (TPSA) is 95.7 Å². The molecule has 0 unspecified atom stereocenters. The molecule has 2 aromatic carbocycles. The molecule has 0 spiro atoms. The lowest BCUT2D eigenvalue weighted by Crippen LogP contribution is -2.11. The number of nitro benzene ring substituents is 1. The van der Waals surface area contributed by atoms with Gasteiger partial charge in [0.15, 0.2) is 5.76 Å². The van der Waals surface area contributed by atoms with Crippen molar-refractivity contribution in [2.24, 2.45) is 0 Å². The first kappa shape index (κ1) is 18.5. The molecule has 7 heteroatoms. The van der Waals surface area contributed by atoms with E-state index >= 15 is 0 Å². The van der Waals surface area contributed by atoms with Gasteiger partial charge in [0, 0.05) is 12.1 Å². The van der Waals surface area contributed by atoms with Gasteiger partial charge in [-0.15, -0.1) is 0 Å². The highest BCUT2D eigenvalue weighted by atomic mass is 16.6. The van der Waals surface area contributed by atoms with Gasteiger partial charge in [-0.2, -0.15) is 0 Å². The lowest BCUT2D eigenvalue weighted by Gasteiger charge is -2.12. The van der Waals surface area contributed by atoms with Gasteiger partial charge in [-0.25, -0.2) is 0 Å². The van der Waals surface area contributed by atoms with Gasteiger partial charge in [0.2, 0.25) is 16.9 Å². The molecule has 2 aromatic heterocycles. The van der Waals surface area contributed by atoms with Crippen molar-refractivity contribution in [2.45, 2.75) is 20.5 Å². The van der Waals surface area contributed by atoms with Crippen LogP contribution in [0.3, 0.4) is 0 Å². The molecule has 0 fully saturated rings. The van der Waals surface area contributed by atoms with Crippen LogP contribution in [0.1, 0.15) is 16.7 Å². The zero-order chi connectivity index (χ0) is 20.5. The van der Waals surface area contributed by atoms with Crippen molar-refractivity contribution in [2.75, 3.05) is 0 Å². The van der Waals surface area contributed by atoms with Crippen LogP contribution in [0, 0.1) is 24.0 Å². The molecule has 0 bridgehead atoms. The highest BCUT2D eigenvalue weighted by Crippen LogP contribution is 2.33. The van der Waals surface area contributed by atoms with E-state index in [0.29, 0.717) is 22.3 Å². The molecule has 2 heterocycles. The molecule has 7 nitrogen and oxygen atoms in total. The molecular weight excluding hydrogens is 374 g/mol. The molecule has 0 aliphatic heterocycles. The largest absolute Gasteiger partial charge is 0.481 e. The van der Waals surface area contributed by atoms with Crippen molar-refractivity contribution in [3.8, 4) is 17.3 Å². The SMILES string of the molecule is Cc1cc(C)c2oc(-c3ccco3)c(OCc3ccc([N+](=O)[O-])cc3)c(=O)c2c1. The summed E-state index contributed by atoms with van der Waals surface area (Å²) in [5, 5.41) is 11.2. The van der Waals surface area contributed by atoms with E-state index in [1.54, 1.807) is 30.3 Å². The number of benzene rings is 2. The van der Waals surface area contributed by atoms with Gasteiger partial charge in [0.1, 0.15) is 12.2 Å². The van der Waals surface area contributed by atoms with Crippen molar-refractivity contribution in [3.05, 3.63) is 91.8 Å². The Labute approximate surface area is 165 Å². The number of non-ortho nitro benzene ring substituents is 1. The van der Waals surface area contributed by atoms with Crippen molar-refractivity contribution < 1.29 is 18.5 Å². The summed E-state index contributed by atoms with van der Waals surface area (Å²) < 4.78 is 17.3. The Kier molecular flexibility index (Phi) is 4.64. The van der Waals surface area contributed by atoms with Crippen molar-refractivity contribution >= 4 is 16.7 Å². The van der Waals surface area contributed by atoms with Crippen LogP contribution in [0.5, 0.6) is 5.75 Å². The summed E-state index contributed by atoms with van der Waals surface area (Å²) in [6.07, 6.45) is 1.49. The number of nitro groups is 1. The molecule has 0 N–H and O–H groups in total. The second kappa shape index (κ2) is 7.27. The number of aryl methyl sites for hydroxylation is 2. The zero-order valence-corrected chi connectivity index (χ0v) is 15.8. The van der Waals surface area contributed by atoms with Crippen LogP contribution in [0.15, 0.2) is 68.4 Å². The van der Waals surface area contributed by atoms with Crippen LogP contribution >= 0.6 is 0 Å². The first-order valence-corrected chi connectivity index (χ1v) is 8.92. The van der Waals surface area contributed by atoms with Crippen LogP contribution in [0.2, 0.25) is 0 Å². The number of hydrogen-bond acceptors (Lipinski definition) is 6. The van der Waals surface area contributed by atoms with Gasteiger partial charge in [-0.3, -0.25) is 14.9 Å². The average Bonchev–Trinajstić information content (AvgIpc) is 3.22. The van der Waals surface area contributed by atoms with Crippen molar-refractivity contribution in [1.29, 1.82) is 0 Å². The Bertz CT molecular complexity index is 1250. The van der Waals surface area contributed by atoms with E-state index in [0.717, 1.165) is 11.1 Å². The molecule has 0 amide bonds. The lowest BCUT2D eigenvalue weighted by molar-refractivity contribution is -0.384. The Morgan fingerprint density at radius 3 is 2.52 bits per heavy atom. The van der Waals surface area contributed by atoms with E-state index in [9.17, 15) is 14.9 Å². The van der Waals surface area contributed by atoms with E-state index in [-0.39, 0.29) is 29.2 Å². The zero-order valence-electron chi connectivity index (χ0n) is 15.8. The van der Waals surface area contributed by atoms with Crippen LogP contribution in [0.25, 0.3) is 22.5 Å². The molecule has 0 aliphatic carbocycles. The fourth-order valence-corrected chi connectivity index (χ4v) is 3.20. The molecule has 0 radical (unpaired) electrons. The fourth-order valence-electron chi connectivity index (χ4n) is 3.20. The maximum atomic E-state index is 13.2. The second-order valence-electron chi connectivity index (χ2n) is 6.74. The lowest BCUT2D eigenvalue weighted by atomic mass is 10.1. The molecular formula is C22H17NO6. The van der Waals surface area contributed by atoms with E-state index in [1.165, 1.54) is 18.4 Å². The van der Waals surface area contributed by atoms with Gasteiger partial charge < -0.3 is 13.6 Å². The highest BCUT2D eigenvalue weighted by molar-refractivity contribution is 5.84. The normalized spacial score (nSPS) is 11.0. The summed E-state index contributed by atoms with van der Waals surface area (Å²) in [7, 11) is 0. The van der Waals surface area contributed by atoms with Crippen LogP contribution in [-0.4, -0.2) is 4.92 Å². The molecule has 29 heavy (non-hydrogen) atoms. The Morgan fingerprint density at radius 1 is 1.10 bits per heavy atom. The molecule has 4 rings (SSSR count). The van der Waals surface area contributed by atoms with Gasteiger partial charge in [0.05, 0.1) is 16.6 Å². The smallest absolute Gasteiger partial charge is 0.269 e. The van der Waals surface area contributed by atoms with Crippen LogP contribution in [0.4, 0.5) is 5.69 Å². The minimum absolute atomic E-state index is 0.0128. The molecule has 146 valence electrons. The van der Waals surface area contributed by atoms with Crippen LogP contribution in [-0.2, 0) is 6.61 Å². The standard InChI is InChI=1S/C22H17NO6/c1-13-10-14(2)20-17(11-13)19(24)22(21(29-20)18-4-3-9-27-18)28-12-15-5-7-16(8-6-15)23(25)26/h3-11H,12H2,1-2H3. The number of furan rings is 1. The molecule has 0 saturated heterocycles. The fraction of sp³-hybridized carbons (Fsp3) is 0.136. The first-order chi connectivity index (χ1) is 13.9. The molecule has 4 aromatic rings. The van der Waals surface area contributed by atoms with E-state index in [4.69, 9.17) is 13.6 Å². The Hall–Kier alpha value is -3.87. The number of hydrogen-bond donors (Lipinski definition) is 0. The molecule has 0 atom stereocenters. The van der Waals surface area contributed by atoms with E-state index < -0.39 is 4.92 Å². The highest BCUT2D eigenvalue weighted by Gasteiger charge is 2.21. The number of nitrogens with zero attached hydrogens (tertiary/aromatic N) is 1.